The first-order valence-electron chi connectivity index (χ1n) is 14.5. The predicted octanol–water partition coefficient (Wildman–Crippen LogP) is 5.74. The largest absolute Gasteiger partial charge is 0.457 e. The van der Waals surface area contributed by atoms with Crippen LogP contribution < -0.4 is 0 Å². The third-order valence-corrected chi connectivity index (χ3v) is 12.0. The van der Waals surface area contributed by atoms with Crippen LogP contribution >= 0.6 is 0 Å². The Kier molecular flexibility index (Phi) is 6.74. The molecule has 4 bridgehead atoms. The smallest absolute Gasteiger partial charge is 0.312 e. The molecule has 4 aliphatic carbocycles. The average molecular weight is 550 g/mol. The highest BCUT2D eigenvalue weighted by molar-refractivity contribution is 7.89. The number of benzene rings is 2. The molecule has 7 heteroatoms. The molecule has 0 spiro atoms. The van der Waals surface area contributed by atoms with E-state index in [-0.39, 0.29) is 28.7 Å². The van der Waals surface area contributed by atoms with E-state index < -0.39 is 15.4 Å². The Morgan fingerprint density at radius 3 is 2.21 bits per heavy atom. The zero-order chi connectivity index (χ0) is 27.4. The van der Waals surface area contributed by atoms with Crippen LogP contribution in [0.3, 0.4) is 0 Å². The van der Waals surface area contributed by atoms with Gasteiger partial charge < -0.3 is 4.74 Å². The summed E-state index contributed by atoms with van der Waals surface area (Å²) >= 11 is 0. The SMILES string of the molecule is Cc1ccc(C23C[C@@H]4C[C@@H](CC(C(=O)OCC(=O)c5ccc(S(=O)(=O)N6CCCCC6)cc5)(C4)C2)C3)cc1C. The Bertz CT molecular complexity index is 1380. The number of nitrogens with zero attached hydrogens (tertiary/aromatic N) is 1. The van der Waals surface area contributed by atoms with Gasteiger partial charge >= 0.3 is 5.97 Å². The molecule has 0 aromatic heterocycles. The summed E-state index contributed by atoms with van der Waals surface area (Å²) < 4.78 is 33.1. The van der Waals surface area contributed by atoms with Crippen LogP contribution in [0.4, 0.5) is 0 Å². The average Bonchev–Trinajstić information content (AvgIpc) is 2.92. The first kappa shape index (κ1) is 26.7. The Balaban J connectivity index is 1.14. The van der Waals surface area contributed by atoms with E-state index in [1.54, 1.807) is 0 Å². The molecule has 5 fully saturated rings. The highest BCUT2D eigenvalue weighted by Crippen LogP contribution is 2.66. The molecule has 0 amide bonds. The van der Waals surface area contributed by atoms with Gasteiger partial charge in [-0.1, -0.05) is 24.6 Å². The fourth-order valence-electron chi connectivity index (χ4n) is 8.35. The number of carbonyl (C=O) groups excluding carboxylic acids is 2. The summed E-state index contributed by atoms with van der Waals surface area (Å²) in [5, 5.41) is 0. The van der Waals surface area contributed by atoms with E-state index in [1.165, 1.54) is 51.7 Å². The van der Waals surface area contributed by atoms with E-state index >= 15 is 0 Å². The predicted molar refractivity (Wildman–Crippen MR) is 149 cm³/mol. The van der Waals surface area contributed by atoms with Gasteiger partial charge in [0, 0.05) is 18.7 Å². The number of esters is 1. The maximum Gasteiger partial charge on any atom is 0.312 e. The molecule has 208 valence electrons. The summed E-state index contributed by atoms with van der Waals surface area (Å²) in [6, 6.07) is 12.8. The first-order valence-corrected chi connectivity index (χ1v) is 15.9. The standard InChI is InChI=1S/C32H39NO5S/c1-22-6-9-27(14-23(22)2)31-16-24-15-25(17-31)19-32(18-24,21-31)30(35)38-20-29(34)26-7-10-28(11-8-26)39(36,37)33-12-4-3-5-13-33/h6-11,14,24-25H,3-5,12-13,15-21H2,1-2H3/t24-,25+,31?,32?. The first-order chi connectivity index (χ1) is 18.6. The van der Waals surface area contributed by atoms with Crippen LogP contribution in [0.1, 0.15) is 84.8 Å². The molecule has 2 unspecified atom stereocenters. The molecule has 4 saturated carbocycles. The minimum Gasteiger partial charge on any atom is -0.457 e. The second-order valence-corrected chi connectivity index (χ2v) is 14.7. The minimum atomic E-state index is -3.55. The van der Waals surface area contributed by atoms with Crippen LogP contribution in [-0.2, 0) is 25.0 Å². The number of sulfonamides is 1. The lowest BCUT2D eigenvalue weighted by atomic mass is 9.43. The lowest BCUT2D eigenvalue weighted by Crippen LogP contribution is -2.57. The summed E-state index contributed by atoms with van der Waals surface area (Å²) in [6.07, 6.45) is 8.75. The van der Waals surface area contributed by atoms with Crippen molar-refractivity contribution in [1.29, 1.82) is 0 Å². The Morgan fingerprint density at radius 1 is 0.897 bits per heavy atom. The van der Waals surface area contributed by atoms with Gasteiger partial charge in [0.05, 0.1) is 10.3 Å². The van der Waals surface area contributed by atoms with E-state index in [2.05, 4.69) is 32.0 Å². The monoisotopic (exact) mass is 549 g/mol. The van der Waals surface area contributed by atoms with Crippen molar-refractivity contribution >= 4 is 21.8 Å². The molecule has 2 aromatic carbocycles. The van der Waals surface area contributed by atoms with Crippen LogP contribution in [0.25, 0.3) is 0 Å². The number of piperidine rings is 1. The number of ether oxygens (including phenoxy) is 1. The number of hydrogen-bond donors (Lipinski definition) is 0. The van der Waals surface area contributed by atoms with E-state index in [0.29, 0.717) is 30.5 Å². The van der Waals surface area contributed by atoms with Crippen molar-refractivity contribution in [2.75, 3.05) is 19.7 Å². The number of aryl methyl sites for hydroxylation is 2. The molecule has 0 radical (unpaired) electrons. The van der Waals surface area contributed by atoms with Crippen molar-refractivity contribution in [3.8, 4) is 0 Å². The third kappa shape index (κ3) is 4.76. The maximum absolute atomic E-state index is 13.6. The van der Waals surface area contributed by atoms with E-state index in [1.807, 2.05) is 0 Å². The van der Waals surface area contributed by atoms with Crippen LogP contribution in [0.5, 0.6) is 0 Å². The fourth-order valence-corrected chi connectivity index (χ4v) is 9.86. The Labute approximate surface area is 232 Å². The number of Topliss-reactive ketones (excluding diaryl/α,β-unsaturated/α-hetero) is 1. The van der Waals surface area contributed by atoms with Gasteiger partial charge in [0.15, 0.2) is 12.4 Å². The Hall–Kier alpha value is -2.51. The quantitative estimate of drug-likeness (QED) is 0.325. The molecule has 7 rings (SSSR count). The summed E-state index contributed by atoms with van der Waals surface area (Å²) in [5.74, 6) is 0.498. The van der Waals surface area contributed by atoms with Gasteiger partial charge in [-0.25, -0.2) is 8.42 Å². The van der Waals surface area contributed by atoms with Crippen LogP contribution in [0.2, 0.25) is 0 Å². The Morgan fingerprint density at radius 2 is 1.56 bits per heavy atom. The minimum absolute atomic E-state index is 0.0151. The van der Waals surface area contributed by atoms with E-state index in [0.717, 1.165) is 51.4 Å². The molecule has 1 heterocycles. The molecule has 0 N–H and O–H groups in total. The van der Waals surface area contributed by atoms with Crippen LogP contribution in [0, 0.1) is 31.1 Å². The second-order valence-electron chi connectivity index (χ2n) is 12.8. The van der Waals surface area contributed by atoms with Crippen molar-refractivity contribution in [2.24, 2.45) is 17.3 Å². The van der Waals surface area contributed by atoms with Crippen molar-refractivity contribution in [3.05, 3.63) is 64.7 Å². The number of ketones is 1. The summed E-state index contributed by atoms with van der Waals surface area (Å²) in [7, 11) is -3.55. The van der Waals surface area contributed by atoms with Gasteiger partial charge in [0.25, 0.3) is 0 Å². The van der Waals surface area contributed by atoms with Crippen LogP contribution in [0.15, 0.2) is 47.4 Å². The third-order valence-electron chi connectivity index (χ3n) is 10.1. The van der Waals surface area contributed by atoms with E-state index in [9.17, 15) is 18.0 Å². The van der Waals surface area contributed by atoms with Crippen molar-refractivity contribution < 1.29 is 22.7 Å². The molecule has 39 heavy (non-hydrogen) atoms. The molecule has 6 nitrogen and oxygen atoms in total. The van der Waals surface area contributed by atoms with Gasteiger partial charge in [-0.3, -0.25) is 9.59 Å². The van der Waals surface area contributed by atoms with Gasteiger partial charge in [0.1, 0.15) is 0 Å². The van der Waals surface area contributed by atoms with Gasteiger partial charge in [-0.05, 0) is 123 Å². The fraction of sp³-hybridized carbons (Fsp3) is 0.562. The van der Waals surface area contributed by atoms with Gasteiger partial charge in [-0.2, -0.15) is 4.31 Å². The molecule has 5 aliphatic rings. The maximum atomic E-state index is 13.6. The van der Waals surface area contributed by atoms with E-state index in [4.69, 9.17) is 4.74 Å². The highest BCUT2D eigenvalue weighted by Gasteiger charge is 2.61. The van der Waals surface area contributed by atoms with Gasteiger partial charge in [-0.15, -0.1) is 0 Å². The van der Waals surface area contributed by atoms with Gasteiger partial charge in [0.2, 0.25) is 10.0 Å². The zero-order valence-corrected chi connectivity index (χ0v) is 23.9. The molecular weight excluding hydrogens is 510 g/mol. The van der Waals surface area contributed by atoms with Crippen molar-refractivity contribution in [3.63, 3.8) is 0 Å². The number of carbonyl (C=O) groups is 2. The summed E-state index contributed by atoms with van der Waals surface area (Å²) in [4.78, 5) is 26.8. The zero-order valence-electron chi connectivity index (χ0n) is 23.1. The molecule has 2 aromatic rings. The lowest BCUT2D eigenvalue weighted by Gasteiger charge is -2.61. The topological polar surface area (TPSA) is 80.8 Å². The van der Waals surface area contributed by atoms with Crippen molar-refractivity contribution in [1.82, 2.24) is 4.31 Å². The summed E-state index contributed by atoms with van der Waals surface area (Å²) in [6.45, 7) is 5.05. The molecule has 4 atom stereocenters. The second kappa shape index (κ2) is 9.84. The number of hydrogen-bond acceptors (Lipinski definition) is 5. The number of rotatable bonds is 7. The lowest BCUT2D eigenvalue weighted by molar-refractivity contribution is -0.172. The summed E-state index contributed by atoms with van der Waals surface area (Å²) in [5.41, 5.74) is 3.79. The molecule has 1 aliphatic heterocycles. The van der Waals surface area contributed by atoms with Crippen molar-refractivity contribution in [2.45, 2.75) is 81.9 Å². The molecule has 1 saturated heterocycles. The highest BCUT2D eigenvalue weighted by atomic mass is 32.2. The molecular formula is C32H39NO5S. The van der Waals surface area contributed by atoms with Crippen LogP contribution in [-0.4, -0.2) is 44.2 Å². The normalized spacial score (nSPS) is 30.3.